The minimum absolute atomic E-state index is 0.0566. The van der Waals surface area contributed by atoms with Crippen molar-refractivity contribution in [3.05, 3.63) is 47.0 Å². The number of rotatable bonds is 3. The molecule has 0 radical (unpaired) electrons. The Morgan fingerprint density at radius 3 is 2.88 bits per heavy atom. The van der Waals surface area contributed by atoms with Crippen molar-refractivity contribution in [1.82, 2.24) is 0 Å². The molecule has 0 spiro atoms. The maximum Gasteiger partial charge on any atom is 0.326 e. The van der Waals surface area contributed by atoms with Crippen LogP contribution in [0.15, 0.2) is 36.4 Å². The van der Waals surface area contributed by atoms with Gasteiger partial charge in [0, 0.05) is 5.02 Å². The van der Waals surface area contributed by atoms with Crippen LogP contribution in [0.3, 0.4) is 0 Å². The van der Waals surface area contributed by atoms with Crippen LogP contribution in [0.5, 0.6) is 11.5 Å². The lowest BCUT2D eigenvalue weighted by Gasteiger charge is -2.34. The fourth-order valence-electron chi connectivity index (χ4n) is 2.83. The topological polar surface area (TPSA) is 50.8 Å². The maximum absolute atomic E-state index is 12.9. The molecule has 1 atom stereocenters. The first-order valence-electron chi connectivity index (χ1n) is 8.21. The molecule has 0 saturated heterocycles. The molecular formula is C19H21ClN2O3. The predicted octanol–water partition coefficient (Wildman–Crippen LogP) is 4.87. The van der Waals surface area contributed by atoms with Gasteiger partial charge in [-0.25, -0.2) is 4.79 Å². The number of ether oxygens (including phenoxy) is 2. The van der Waals surface area contributed by atoms with Crippen LogP contribution in [0.4, 0.5) is 16.2 Å². The number of halogens is 1. The van der Waals surface area contributed by atoms with Gasteiger partial charge in [-0.15, -0.1) is 0 Å². The van der Waals surface area contributed by atoms with Gasteiger partial charge < -0.3 is 14.8 Å². The van der Waals surface area contributed by atoms with Crippen molar-refractivity contribution < 1.29 is 14.3 Å². The standard InChI is InChI=1S/C19H21ClN2O3/c1-4-14-11-22(16-10-13(20)6-8-18(16)25-14)19(23)21-15-9-12(2)5-7-17(15)24-3/h5-10,14H,4,11H2,1-3H3,(H,21,23)/t14-/m0/s1. The summed E-state index contributed by atoms with van der Waals surface area (Å²) in [6.07, 6.45) is 0.749. The van der Waals surface area contributed by atoms with Gasteiger partial charge >= 0.3 is 6.03 Å². The molecule has 2 aromatic carbocycles. The summed E-state index contributed by atoms with van der Waals surface area (Å²) in [5.41, 5.74) is 2.34. The van der Waals surface area contributed by atoms with Crippen LogP contribution in [0.25, 0.3) is 0 Å². The fourth-order valence-corrected chi connectivity index (χ4v) is 2.99. The fraction of sp³-hybridized carbons (Fsp3) is 0.316. The first-order valence-corrected chi connectivity index (χ1v) is 8.59. The zero-order chi connectivity index (χ0) is 18.0. The Bertz CT molecular complexity index is 794. The smallest absolute Gasteiger partial charge is 0.326 e. The van der Waals surface area contributed by atoms with Gasteiger partial charge in [0.15, 0.2) is 0 Å². The summed E-state index contributed by atoms with van der Waals surface area (Å²) in [6, 6.07) is 10.7. The van der Waals surface area contributed by atoms with E-state index in [9.17, 15) is 4.79 Å². The predicted molar refractivity (Wildman–Crippen MR) is 100 cm³/mol. The van der Waals surface area contributed by atoms with Crippen LogP contribution in [-0.4, -0.2) is 25.8 Å². The molecule has 0 aromatic heterocycles. The van der Waals surface area contributed by atoms with Crippen LogP contribution in [0.2, 0.25) is 5.02 Å². The number of nitrogens with one attached hydrogen (secondary N) is 1. The molecule has 1 aliphatic heterocycles. The van der Waals surface area contributed by atoms with E-state index in [-0.39, 0.29) is 12.1 Å². The second kappa shape index (κ2) is 7.23. The number of benzene rings is 2. The third-order valence-corrected chi connectivity index (χ3v) is 4.42. The van der Waals surface area contributed by atoms with Crippen molar-refractivity contribution in [1.29, 1.82) is 0 Å². The minimum Gasteiger partial charge on any atom is -0.495 e. The van der Waals surface area contributed by atoms with Crippen molar-refractivity contribution in [3.8, 4) is 11.5 Å². The van der Waals surface area contributed by atoms with Gasteiger partial charge in [-0.05, 0) is 49.2 Å². The van der Waals surface area contributed by atoms with Crippen LogP contribution >= 0.6 is 11.6 Å². The quantitative estimate of drug-likeness (QED) is 0.849. The van der Waals surface area contributed by atoms with Gasteiger partial charge in [0.2, 0.25) is 0 Å². The van der Waals surface area contributed by atoms with Crippen molar-refractivity contribution >= 4 is 29.0 Å². The molecule has 0 saturated carbocycles. The average Bonchev–Trinajstić information content (AvgIpc) is 2.61. The van der Waals surface area contributed by atoms with Gasteiger partial charge in [0.25, 0.3) is 0 Å². The van der Waals surface area contributed by atoms with Crippen molar-refractivity contribution in [2.24, 2.45) is 0 Å². The number of anilines is 2. The Hall–Kier alpha value is -2.40. The van der Waals surface area contributed by atoms with Gasteiger partial charge in [0.1, 0.15) is 17.6 Å². The maximum atomic E-state index is 12.9. The van der Waals surface area contributed by atoms with Gasteiger partial charge in [-0.2, -0.15) is 0 Å². The number of hydrogen-bond acceptors (Lipinski definition) is 3. The van der Waals surface area contributed by atoms with E-state index in [0.29, 0.717) is 34.4 Å². The summed E-state index contributed by atoms with van der Waals surface area (Å²) in [5.74, 6) is 1.28. The zero-order valence-electron chi connectivity index (χ0n) is 14.5. The molecule has 6 heteroatoms. The number of carbonyl (C=O) groups excluding carboxylic acids is 1. The first-order chi connectivity index (χ1) is 12.0. The number of nitrogens with zero attached hydrogens (tertiary/aromatic N) is 1. The van der Waals surface area contributed by atoms with Crippen LogP contribution in [-0.2, 0) is 0 Å². The van der Waals surface area contributed by atoms with Crippen LogP contribution in [0, 0.1) is 6.92 Å². The average molecular weight is 361 g/mol. The normalized spacial score (nSPS) is 16.0. The van der Waals surface area contributed by atoms with E-state index in [1.165, 1.54) is 0 Å². The molecular weight excluding hydrogens is 340 g/mol. The number of hydrogen-bond donors (Lipinski definition) is 1. The molecule has 0 aliphatic carbocycles. The molecule has 2 amide bonds. The Morgan fingerprint density at radius 2 is 2.16 bits per heavy atom. The Labute approximate surface area is 152 Å². The van der Waals surface area contributed by atoms with E-state index in [4.69, 9.17) is 21.1 Å². The number of aryl methyl sites for hydroxylation is 1. The molecule has 132 valence electrons. The summed E-state index contributed by atoms with van der Waals surface area (Å²) < 4.78 is 11.3. The molecule has 0 unspecified atom stereocenters. The molecule has 1 heterocycles. The monoisotopic (exact) mass is 360 g/mol. The Morgan fingerprint density at radius 1 is 1.36 bits per heavy atom. The summed E-state index contributed by atoms with van der Waals surface area (Å²) in [6.45, 7) is 4.46. The molecule has 2 aromatic rings. The number of urea groups is 1. The molecule has 1 N–H and O–H groups in total. The molecule has 25 heavy (non-hydrogen) atoms. The lowest BCUT2D eigenvalue weighted by Crippen LogP contribution is -2.45. The SMILES string of the molecule is CC[C@H]1CN(C(=O)Nc2cc(C)ccc2OC)c2cc(Cl)ccc2O1. The lowest BCUT2D eigenvalue weighted by atomic mass is 10.1. The van der Waals surface area contributed by atoms with E-state index in [1.807, 2.05) is 32.0 Å². The summed E-state index contributed by atoms with van der Waals surface area (Å²) in [5, 5.41) is 3.50. The third kappa shape index (κ3) is 3.66. The summed E-state index contributed by atoms with van der Waals surface area (Å²) in [4.78, 5) is 14.6. The Balaban J connectivity index is 1.92. The van der Waals surface area contributed by atoms with E-state index < -0.39 is 0 Å². The van der Waals surface area contributed by atoms with Gasteiger partial charge in [-0.3, -0.25) is 4.90 Å². The number of amides is 2. The number of methoxy groups -OCH3 is 1. The second-order valence-electron chi connectivity index (χ2n) is 6.00. The largest absolute Gasteiger partial charge is 0.495 e. The highest BCUT2D eigenvalue weighted by Crippen LogP contribution is 2.37. The van der Waals surface area contributed by atoms with Gasteiger partial charge in [0.05, 0.1) is 25.0 Å². The van der Waals surface area contributed by atoms with E-state index >= 15 is 0 Å². The molecule has 3 rings (SSSR count). The van der Waals surface area contributed by atoms with Crippen molar-refractivity contribution in [3.63, 3.8) is 0 Å². The highest BCUT2D eigenvalue weighted by atomic mass is 35.5. The Kier molecular flexibility index (Phi) is 5.04. The molecule has 5 nitrogen and oxygen atoms in total. The number of carbonyl (C=O) groups is 1. The van der Waals surface area contributed by atoms with Crippen molar-refractivity contribution in [2.45, 2.75) is 26.4 Å². The second-order valence-corrected chi connectivity index (χ2v) is 6.44. The molecule has 0 fully saturated rings. The minimum atomic E-state index is -0.242. The molecule has 0 bridgehead atoms. The van der Waals surface area contributed by atoms with E-state index in [0.717, 1.165) is 12.0 Å². The van der Waals surface area contributed by atoms with Crippen LogP contribution in [0.1, 0.15) is 18.9 Å². The third-order valence-electron chi connectivity index (χ3n) is 4.19. The van der Waals surface area contributed by atoms with E-state index in [1.54, 1.807) is 30.2 Å². The van der Waals surface area contributed by atoms with Crippen LogP contribution < -0.4 is 19.7 Å². The lowest BCUT2D eigenvalue weighted by molar-refractivity contribution is 0.188. The zero-order valence-corrected chi connectivity index (χ0v) is 15.3. The molecule has 1 aliphatic rings. The summed E-state index contributed by atoms with van der Waals surface area (Å²) >= 11 is 6.11. The first kappa shape index (κ1) is 17.4. The number of fused-ring (bicyclic) bond motifs is 1. The van der Waals surface area contributed by atoms with Gasteiger partial charge in [-0.1, -0.05) is 24.6 Å². The van der Waals surface area contributed by atoms with Crippen molar-refractivity contribution in [2.75, 3.05) is 23.9 Å². The highest BCUT2D eigenvalue weighted by molar-refractivity contribution is 6.31. The highest BCUT2D eigenvalue weighted by Gasteiger charge is 2.29. The summed E-state index contributed by atoms with van der Waals surface area (Å²) in [7, 11) is 1.58. The van der Waals surface area contributed by atoms with E-state index in [2.05, 4.69) is 5.32 Å².